The van der Waals surface area contributed by atoms with Crippen LogP contribution in [-0.2, 0) is 4.79 Å². The van der Waals surface area contributed by atoms with Gasteiger partial charge < -0.3 is 15.4 Å². The summed E-state index contributed by atoms with van der Waals surface area (Å²) in [7, 11) is 1.62. The van der Waals surface area contributed by atoms with Crippen molar-refractivity contribution in [2.75, 3.05) is 24.3 Å². The maximum atomic E-state index is 11.8. The molecule has 4 nitrogen and oxygen atoms in total. The molecule has 0 aliphatic heterocycles. The molecule has 0 unspecified atom stereocenters. The zero-order valence-corrected chi connectivity index (χ0v) is 12.5. The molecule has 0 saturated heterocycles. The number of halogens is 1. The monoisotopic (exact) mass is 304 g/mol. The molecule has 21 heavy (non-hydrogen) atoms. The van der Waals surface area contributed by atoms with Gasteiger partial charge in [0.2, 0.25) is 5.91 Å². The molecule has 2 aromatic carbocycles. The van der Waals surface area contributed by atoms with Crippen molar-refractivity contribution in [3.05, 3.63) is 53.6 Å². The Bertz CT molecular complexity index is 617. The van der Waals surface area contributed by atoms with Crippen LogP contribution in [0.2, 0.25) is 5.02 Å². The van der Waals surface area contributed by atoms with Gasteiger partial charge >= 0.3 is 0 Å². The number of para-hydroxylation sites is 2. The minimum absolute atomic E-state index is 0.0698. The molecule has 0 saturated carbocycles. The Labute approximate surface area is 129 Å². The van der Waals surface area contributed by atoms with Crippen molar-refractivity contribution >= 4 is 28.9 Å². The van der Waals surface area contributed by atoms with E-state index in [2.05, 4.69) is 10.6 Å². The molecule has 0 atom stereocenters. The lowest BCUT2D eigenvalue weighted by Gasteiger charge is -2.11. The molecular weight excluding hydrogens is 288 g/mol. The molecule has 0 aromatic heterocycles. The van der Waals surface area contributed by atoms with Gasteiger partial charge in [-0.3, -0.25) is 4.79 Å². The second-order valence-corrected chi connectivity index (χ2v) is 4.87. The van der Waals surface area contributed by atoms with Gasteiger partial charge in [0.05, 0.1) is 12.8 Å². The van der Waals surface area contributed by atoms with Crippen LogP contribution in [0.1, 0.15) is 6.42 Å². The fraction of sp³-hybridized carbons (Fsp3) is 0.188. The smallest absolute Gasteiger partial charge is 0.226 e. The number of amides is 1. The van der Waals surface area contributed by atoms with E-state index in [-0.39, 0.29) is 5.91 Å². The van der Waals surface area contributed by atoms with Crippen molar-refractivity contribution in [1.82, 2.24) is 0 Å². The van der Waals surface area contributed by atoms with Crippen LogP contribution in [0.25, 0.3) is 0 Å². The number of hydrogen-bond donors (Lipinski definition) is 2. The van der Waals surface area contributed by atoms with Crippen LogP contribution in [0.5, 0.6) is 5.75 Å². The lowest BCUT2D eigenvalue weighted by molar-refractivity contribution is -0.115. The number of carbonyl (C=O) groups is 1. The molecule has 0 fully saturated rings. The summed E-state index contributed by atoms with van der Waals surface area (Å²) in [6, 6.07) is 14.7. The molecule has 0 radical (unpaired) electrons. The Hall–Kier alpha value is -2.20. The van der Waals surface area contributed by atoms with Crippen molar-refractivity contribution in [2.24, 2.45) is 0 Å². The first-order chi connectivity index (χ1) is 10.2. The molecule has 0 aliphatic carbocycles. The number of ether oxygens (including phenoxy) is 1. The highest BCUT2D eigenvalue weighted by Gasteiger charge is 2.04. The van der Waals surface area contributed by atoms with E-state index in [0.29, 0.717) is 23.7 Å². The van der Waals surface area contributed by atoms with Gasteiger partial charge in [-0.1, -0.05) is 29.8 Å². The van der Waals surface area contributed by atoms with E-state index >= 15 is 0 Å². The lowest BCUT2D eigenvalue weighted by Crippen LogP contribution is -2.16. The van der Waals surface area contributed by atoms with Crippen LogP contribution in [0, 0.1) is 0 Å². The van der Waals surface area contributed by atoms with Crippen molar-refractivity contribution in [2.45, 2.75) is 6.42 Å². The molecule has 2 rings (SSSR count). The van der Waals surface area contributed by atoms with Crippen molar-refractivity contribution in [1.29, 1.82) is 0 Å². The molecule has 0 spiro atoms. The van der Waals surface area contributed by atoms with Gasteiger partial charge in [-0.2, -0.15) is 0 Å². The van der Waals surface area contributed by atoms with Gasteiger partial charge in [0.25, 0.3) is 0 Å². The number of rotatable bonds is 6. The van der Waals surface area contributed by atoms with E-state index in [1.807, 2.05) is 24.3 Å². The summed E-state index contributed by atoms with van der Waals surface area (Å²) < 4.78 is 5.23. The van der Waals surface area contributed by atoms with Crippen molar-refractivity contribution < 1.29 is 9.53 Å². The number of nitrogens with one attached hydrogen (secondary N) is 2. The molecular formula is C16H17ClN2O2. The van der Waals surface area contributed by atoms with E-state index in [1.165, 1.54) is 0 Å². The van der Waals surface area contributed by atoms with Crippen molar-refractivity contribution in [3.8, 4) is 5.75 Å². The fourth-order valence-electron chi connectivity index (χ4n) is 1.89. The minimum Gasteiger partial charge on any atom is -0.495 e. The fourth-order valence-corrected chi connectivity index (χ4v) is 2.08. The van der Waals surface area contributed by atoms with Crippen LogP contribution in [0.15, 0.2) is 48.5 Å². The maximum Gasteiger partial charge on any atom is 0.226 e. The highest BCUT2D eigenvalue weighted by atomic mass is 35.5. The summed E-state index contributed by atoms with van der Waals surface area (Å²) in [5.74, 6) is 0.687. The second kappa shape index (κ2) is 7.55. The van der Waals surface area contributed by atoms with Crippen LogP contribution >= 0.6 is 11.6 Å². The summed E-state index contributed by atoms with van der Waals surface area (Å²) in [6.07, 6.45) is 0.352. The number of hydrogen-bond acceptors (Lipinski definition) is 3. The Morgan fingerprint density at radius 1 is 1.19 bits per heavy atom. The Morgan fingerprint density at radius 3 is 2.76 bits per heavy atom. The number of anilines is 2. The first-order valence-corrected chi connectivity index (χ1v) is 6.99. The first kappa shape index (κ1) is 15.2. The lowest BCUT2D eigenvalue weighted by atomic mass is 10.2. The predicted octanol–water partition coefficient (Wildman–Crippen LogP) is 3.79. The van der Waals surface area contributed by atoms with E-state index in [1.54, 1.807) is 31.4 Å². The van der Waals surface area contributed by atoms with E-state index in [0.717, 1.165) is 11.4 Å². The van der Waals surface area contributed by atoms with E-state index in [9.17, 15) is 4.79 Å². The third-order valence-electron chi connectivity index (χ3n) is 2.88. The average molecular weight is 305 g/mol. The van der Waals surface area contributed by atoms with Gasteiger partial charge in [0.1, 0.15) is 5.75 Å². The van der Waals surface area contributed by atoms with Gasteiger partial charge in [-0.15, -0.1) is 0 Å². The molecule has 110 valence electrons. The summed E-state index contributed by atoms with van der Waals surface area (Å²) in [6.45, 7) is 0.521. The molecule has 2 N–H and O–H groups in total. The maximum absolute atomic E-state index is 11.8. The van der Waals surface area contributed by atoms with Crippen LogP contribution < -0.4 is 15.4 Å². The van der Waals surface area contributed by atoms with Crippen molar-refractivity contribution in [3.63, 3.8) is 0 Å². The Kier molecular flexibility index (Phi) is 5.46. The number of carbonyl (C=O) groups excluding carboxylic acids is 1. The van der Waals surface area contributed by atoms with Crippen LogP contribution in [0.4, 0.5) is 11.4 Å². The van der Waals surface area contributed by atoms with Gasteiger partial charge in [0, 0.05) is 23.7 Å². The van der Waals surface area contributed by atoms with Gasteiger partial charge in [-0.25, -0.2) is 0 Å². The van der Waals surface area contributed by atoms with Gasteiger partial charge in [-0.05, 0) is 30.3 Å². The third kappa shape index (κ3) is 4.68. The summed E-state index contributed by atoms with van der Waals surface area (Å²) in [4.78, 5) is 11.8. The average Bonchev–Trinajstić information content (AvgIpc) is 2.47. The molecule has 0 aliphatic rings. The number of methoxy groups -OCH3 is 1. The highest BCUT2D eigenvalue weighted by Crippen LogP contribution is 2.22. The zero-order valence-electron chi connectivity index (χ0n) is 11.7. The standard InChI is InChI=1S/C16H17ClN2O2/c1-21-15-8-3-2-7-14(15)18-10-9-16(20)19-13-6-4-5-12(17)11-13/h2-8,11,18H,9-10H2,1H3,(H,19,20). The Balaban J connectivity index is 1.82. The molecule has 2 aromatic rings. The quantitative estimate of drug-likeness (QED) is 0.853. The Morgan fingerprint density at radius 2 is 2.00 bits per heavy atom. The predicted molar refractivity (Wildman–Crippen MR) is 86.2 cm³/mol. The van der Waals surface area contributed by atoms with E-state index in [4.69, 9.17) is 16.3 Å². The molecule has 0 bridgehead atoms. The van der Waals surface area contributed by atoms with Gasteiger partial charge in [0.15, 0.2) is 0 Å². The van der Waals surface area contributed by atoms with Crippen LogP contribution in [0.3, 0.4) is 0 Å². The molecule has 0 heterocycles. The molecule has 1 amide bonds. The zero-order chi connectivity index (χ0) is 15.1. The van der Waals surface area contributed by atoms with E-state index < -0.39 is 0 Å². The largest absolute Gasteiger partial charge is 0.495 e. The first-order valence-electron chi connectivity index (χ1n) is 6.61. The number of benzene rings is 2. The summed E-state index contributed by atoms with van der Waals surface area (Å²) in [5.41, 5.74) is 1.57. The summed E-state index contributed by atoms with van der Waals surface area (Å²) in [5, 5.41) is 6.58. The second-order valence-electron chi connectivity index (χ2n) is 4.44. The third-order valence-corrected chi connectivity index (χ3v) is 3.12. The normalized spacial score (nSPS) is 10.0. The van der Waals surface area contributed by atoms with Crippen LogP contribution in [-0.4, -0.2) is 19.6 Å². The highest BCUT2D eigenvalue weighted by molar-refractivity contribution is 6.30. The topological polar surface area (TPSA) is 50.4 Å². The summed E-state index contributed by atoms with van der Waals surface area (Å²) >= 11 is 5.87. The SMILES string of the molecule is COc1ccccc1NCCC(=O)Nc1cccc(Cl)c1. The molecule has 5 heteroatoms. The minimum atomic E-state index is -0.0698.